The van der Waals surface area contributed by atoms with Crippen molar-refractivity contribution in [3.05, 3.63) is 70.4 Å². The van der Waals surface area contributed by atoms with Crippen LogP contribution in [0.5, 0.6) is 5.75 Å². The molecule has 142 valence electrons. The summed E-state index contributed by atoms with van der Waals surface area (Å²) in [5.74, 6) is 1.43. The lowest BCUT2D eigenvalue weighted by molar-refractivity contribution is 0.410. The molecule has 2 aromatic heterocycles. The van der Waals surface area contributed by atoms with Gasteiger partial charge in [0.25, 0.3) is 0 Å². The van der Waals surface area contributed by atoms with E-state index in [1.54, 1.807) is 11.8 Å². The third-order valence-electron chi connectivity index (χ3n) is 4.52. The third-order valence-corrected chi connectivity index (χ3v) is 4.89. The summed E-state index contributed by atoms with van der Waals surface area (Å²) in [4.78, 5) is 0. The molecule has 0 saturated carbocycles. The molecule has 0 fully saturated rings. The van der Waals surface area contributed by atoms with Gasteiger partial charge in [-0.1, -0.05) is 53.2 Å². The number of rotatable bonds is 6. The van der Waals surface area contributed by atoms with Crippen LogP contribution in [-0.4, -0.2) is 32.3 Å². The summed E-state index contributed by atoms with van der Waals surface area (Å²) in [6, 6.07) is 15.5. The number of hydrogen-bond acceptors (Lipinski definition) is 6. The Morgan fingerprint density at radius 2 is 1.75 bits per heavy atom. The molecule has 0 unspecified atom stereocenters. The zero-order valence-electron chi connectivity index (χ0n) is 15.6. The van der Waals surface area contributed by atoms with Gasteiger partial charge in [0.05, 0.1) is 19.3 Å². The molecule has 4 rings (SSSR count). The summed E-state index contributed by atoms with van der Waals surface area (Å²) in [5, 5.41) is 21.2. The van der Waals surface area contributed by atoms with Crippen LogP contribution >= 0.6 is 11.6 Å². The van der Waals surface area contributed by atoms with E-state index in [-0.39, 0.29) is 0 Å². The minimum Gasteiger partial charge on any atom is -0.496 e. The minimum absolute atomic E-state index is 0.491. The monoisotopic (exact) mass is 394 g/mol. The fourth-order valence-corrected chi connectivity index (χ4v) is 3.25. The number of nitrogens with zero attached hydrogens (tertiary/aromatic N) is 5. The van der Waals surface area contributed by atoms with Crippen LogP contribution in [0.3, 0.4) is 0 Å². The normalized spacial score (nSPS) is 11.0. The quantitative estimate of drug-likeness (QED) is 0.535. The van der Waals surface area contributed by atoms with Crippen molar-refractivity contribution in [3.63, 3.8) is 0 Å². The second-order valence-corrected chi connectivity index (χ2v) is 6.74. The van der Waals surface area contributed by atoms with E-state index in [4.69, 9.17) is 16.3 Å². The number of halogens is 1. The van der Waals surface area contributed by atoms with E-state index < -0.39 is 0 Å². The molecule has 0 aliphatic rings. The van der Waals surface area contributed by atoms with Gasteiger partial charge in [-0.2, -0.15) is 5.10 Å². The van der Waals surface area contributed by atoms with E-state index >= 15 is 0 Å². The highest BCUT2D eigenvalue weighted by molar-refractivity contribution is 6.31. The number of methoxy groups -OCH3 is 1. The molecule has 0 spiro atoms. The molecular formula is C20H19ClN6O. The van der Waals surface area contributed by atoms with Crippen LogP contribution in [0, 0.1) is 6.92 Å². The summed E-state index contributed by atoms with van der Waals surface area (Å²) in [6.45, 7) is 2.90. The maximum absolute atomic E-state index is 6.32. The molecule has 0 aliphatic heterocycles. The fraction of sp³-hybridized carbons (Fsp3) is 0.200. The Morgan fingerprint density at radius 1 is 1.00 bits per heavy atom. The first-order chi connectivity index (χ1) is 13.7. The van der Waals surface area contributed by atoms with Gasteiger partial charge >= 0.3 is 0 Å². The molecule has 4 aromatic rings. The topological polar surface area (TPSA) is 77.8 Å². The first-order valence-corrected chi connectivity index (χ1v) is 9.21. The first-order valence-electron chi connectivity index (χ1n) is 8.83. The second-order valence-electron chi connectivity index (χ2n) is 6.34. The Hall–Kier alpha value is -3.19. The molecule has 0 aliphatic carbocycles. The maximum atomic E-state index is 6.32. The number of nitrogens with one attached hydrogen (secondary N) is 1. The van der Waals surface area contributed by atoms with E-state index in [1.807, 2.05) is 55.5 Å². The summed E-state index contributed by atoms with van der Waals surface area (Å²) >= 11 is 6.32. The van der Waals surface area contributed by atoms with Crippen LogP contribution in [0.2, 0.25) is 5.02 Å². The molecule has 7 nitrogen and oxygen atoms in total. The van der Waals surface area contributed by atoms with Gasteiger partial charge in [0, 0.05) is 17.1 Å². The molecule has 2 heterocycles. The zero-order valence-corrected chi connectivity index (χ0v) is 16.3. The molecule has 8 heteroatoms. The maximum Gasteiger partial charge on any atom is 0.176 e. The molecule has 1 N–H and O–H groups in total. The molecule has 0 radical (unpaired) electrons. The number of aryl methyl sites for hydroxylation is 1. The van der Waals surface area contributed by atoms with Crippen LogP contribution in [0.25, 0.3) is 11.0 Å². The van der Waals surface area contributed by atoms with Gasteiger partial charge in [-0.05, 0) is 24.6 Å². The van der Waals surface area contributed by atoms with Crippen molar-refractivity contribution in [2.75, 3.05) is 12.4 Å². The van der Waals surface area contributed by atoms with E-state index in [2.05, 4.69) is 25.8 Å². The predicted octanol–water partition coefficient (Wildman–Crippen LogP) is 3.85. The standard InChI is InChI=1S/C20H19ClN6O/c1-13-18-19(27(26-24-18)12-15-8-3-5-9-16(15)21)20(25-23-13)22-11-14-7-4-6-10-17(14)28-2/h3-10H,11-12H2,1-2H3,(H,22,25). The Labute approximate surface area is 167 Å². The van der Waals surface area contributed by atoms with Crippen molar-refractivity contribution in [2.45, 2.75) is 20.0 Å². The highest BCUT2D eigenvalue weighted by Crippen LogP contribution is 2.25. The summed E-state index contributed by atoms with van der Waals surface area (Å²) < 4.78 is 7.22. The average molecular weight is 395 g/mol. The number of para-hydroxylation sites is 1. The number of ether oxygens (including phenoxy) is 1. The summed E-state index contributed by atoms with van der Waals surface area (Å²) in [5.41, 5.74) is 4.21. The van der Waals surface area contributed by atoms with Gasteiger partial charge in [-0.25, -0.2) is 4.68 Å². The van der Waals surface area contributed by atoms with Crippen LogP contribution < -0.4 is 10.1 Å². The van der Waals surface area contributed by atoms with Gasteiger partial charge in [0.2, 0.25) is 0 Å². The molecule has 0 amide bonds. The zero-order chi connectivity index (χ0) is 19.5. The van der Waals surface area contributed by atoms with Crippen molar-refractivity contribution in [1.29, 1.82) is 0 Å². The van der Waals surface area contributed by atoms with Crippen LogP contribution in [0.4, 0.5) is 5.82 Å². The third kappa shape index (κ3) is 3.48. The van der Waals surface area contributed by atoms with Crippen molar-refractivity contribution in [3.8, 4) is 5.75 Å². The van der Waals surface area contributed by atoms with Gasteiger partial charge in [0.15, 0.2) is 5.82 Å². The fourth-order valence-electron chi connectivity index (χ4n) is 3.06. The van der Waals surface area contributed by atoms with E-state index in [0.29, 0.717) is 29.4 Å². The largest absolute Gasteiger partial charge is 0.496 e. The van der Waals surface area contributed by atoms with E-state index in [9.17, 15) is 0 Å². The SMILES string of the molecule is COc1ccccc1CNc1nnc(C)c2nnn(Cc3ccccc3Cl)c12. The van der Waals surface area contributed by atoms with Crippen LogP contribution in [0.1, 0.15) is 16.8 Å². The predicted molar refractivity (Wildman–Crippen MR) is 109 cm³/mol. The lowest BCUT2D eigenvalue weighted by Gasteiger charge is -2.12. The number of benzene rings is 2. The van der Waals surface area contributed by atoms with Crippen molar-refractivity contribution < 1.29 is 4.74 Å². The highest BCUT2D eigenvalue weighted by atomic mass is 35.5. The molecule has 0 bridgehead atoms. The Morgan fingerprint density at radius 3 is 2.54 bits per heavy atom. The minimum atomic E-state index is 0.491. The number of hydrogen-bond donors (Lipinski definition) is 1. The Balaban J connectivity index is 1.69. The molecule has 28 heavy (non-hydrogen) atoms. The lowest BCUT2D eigenvalue weighted by Crippen LogP contribution is -2.09. The van der Waals surface area contributed by atoms with Crippen molar-refractivity contribution in [1.82, 2.24) is 25.2 Å². The number of anilines is 1. The lowest BCUT2D eigenvalue weighted by atomic mass is 10.2. The van der Waals surface area contributed by atoms with E-state index in [1.165, 1.54) is 0 Å². The van der Waals surface area contributed by atoms with Gasteiger partial charge in [-0.3, -0.25) is 0 Å². The van der Waals surface area contributed by atoms with E-state index in [0.717, 1.165) is 28.1 Å². The molecular weight excluding hydrogens is 376 g/mol. The molecule has 0 atom stereocenters. The van der Waals surface area contributed by atoms with Crippen molar-refractivity contribution >= 4 is 28.5 Å². The Bertz CT molecular complexity index is 1130. The smallest absolute Gasteiger partial charge is 0.176 e. The van der Waals surface area contributed by atoms with Gasteiger partial charge in [-0.15, -0.1) is 10.2 Å². The second kappa shape index (κ2) is 7.82. The summed E-state index contributed by atoms with van der Waals surface area (Å²) in [6.07, 6.45) is 0. The van der Waals surface area contributed by atoms with Crippen LogP contribution in [0.15, 0.2) is 48.5 Å². The molecule has 2 aromatic carbocycles. The Kier molecular flexibility index (Phi) is 5.08. The number of fused-ring (bicyclic) bond motifs is 1. The van der Waals surface area contributed by atoms with Crippen molar-refractivity contribution in [2.24, 2.45) is 0 Å². The van der Waals surface area contributed by atoms with Crippen LogP contribution in [-0.2, 0) is 13.1 Å². The van der Waals surface area contributed by atoms with Gasteiger partial charge in [0.1, 0.15) is 16.8 Å². The first kappa shape index (κ1) is 18.2. The average Bonchev–Trinajstić information content (AvgIpc) is 3.14. The molecule has 0 saturated heterocycles. The van der Waals surface area contributed by atoms with Gasteiger partial charge < -0.3 is 10.1 Å². The summed E-state index contributed by atoms with van der Waals surface area (Å²) in [7, 11) is 1.66. The number of aromatic nitrogens is 5. The highest BCUT2D eigenvalue weighted by Gasteiger charge is 2.16.